The summed E-state index contributed by atoms with van der Waals surface area (Å²) in [4.78, 5) is 23.2. The molecule has 0 atom stereocenters. The number of carboxylic acid groups (broad SMARTS) is 1. The first-order valence-corrected chi connectivity index (χ1v) is 8.32. The van der Waals surface area contributed by atoms with Crippen LogP contribution in [0.4, 0.5) is 0 Å². The minimum atomic E-state index is -1.14. The number of amides is 1. The van der Waals surface area contributed by atoms with Crippen LogP contribution in [-0.2, 0) is 10.2 Å². The van der Waals surface area contributed by atoms with Crippen LogP contribution in [0.15, 0.2) is 41.0 Å². The van der Waals surface area contributed by atoms with Gasteiger partial charge in [-0.15, -0.1) is 0 Å². The summed E-state index contributed by atoms with van der Waals surface area (Å²) >= 11 is 6.13. The maximum absolute atomic E-state index is 12.3. The van der Waals surface area contributed by atoms with Gasteiger partial charge in [0.1, 0.15) is 6.26 Å². The number of aromatic carboxylic acids is 1. The van der Waals surface area contributed by atoms with Gasteiger partial charge in [0.15, 0.2) is 5.76 Å². The number of benzene rings is 1. The van der Waals surface area contributed by atoms with E-state index in [4.69, 9.17) is 25.9 Å². The average Bonchev–Trinajstić information content (AvgIpc) is 3.11. The molecule has 1 fully saturated rings. The van der Waals surface area contributed by atoms with Crippen molar-refractivity contribution >= 4 is 23.5 Å². The summed E-state index contributed by atoms with van der Waals surface area (Å²) in [6.07, 6.45) is 2.57. The minimum absolute atomic E-state index is 0.0225. The molecule has 1 saturated heterocycles. The number of halogens is 1. The fourth-order valence-electron chi connectivity index (χ4n) is 3.05. The molecule has 2 N–H and O–H groups in total. The monoisotopic (exact) mass is 363 g/mol. The van der Waals surface area contributed by atoms with Gasteiger partial charge in [0.2, 0.25) is 0 Å². The first kappa shape index (κ1) is 17.5. The molecule has 7 heteroatoms. The topological polar surface area (TPSA) is 88.8 Å². The molecule has 6 nitrogen and oxygen atoms in total. The molecule has 0 radical (unpaired) electrons. The van der Waals surface area contributed by atoms with Gasteiger partial charge in [-0.2, -0.15) is 0 Å². The first-order valence-electron chi connectivity index (χ1n) is 7.94. The van der Waals surface area contributed by atoms with Gasteiger partial charge >= 0.3 is 5.97 Å². The number of carboxylic acids is 1. The van der Waals surface area contributed by atoms with Crippen molar-refractivity contribution in [2.75, 3.05) is 19.8 Å². The molecule has 0 unspecified atom stereocenters. The molecule has 1 aliphatic heterocycles. The molecule has 132 valence electrons. The van der Waals surface area contributed by atoms with Gasteiger partial charge in [0.25, 0.3) is 5.91 Å². The molecule has 2 aromatic rings. The van der Waals surface area contributed by atoms with Crippen molar-refractivity contribution in [2.45, 2.75) is 18.3 Å². The van der Waals surface area contributed by atoms with Crippen LogP contribution < -0.4 is 5.32 Å². The summed E-state index contributed by atoms with van der Waals surface area (Å²) < 4.78 is 10.5. The van der Waals surface area contributed by atoms with Gasteiger partial charge < -0.3 is 19.6 Å². The maximum Gasteiger partial charge on any atom is 0.338 e. The second-order valence-corrected chi connectivity index (χ2v) is 6.53. The maximum atomic E-state index is 12.3. The molecular formula is C18H18ClNO5. The number of hydrogen-bond donors (Lipinski definition) is 2. The number of ether oxygens (including phenoxy) is 1. The van der Waals surface area contributed by atoms with E-state index < -0.39 is 11.9 Å². The second kappa shape index (κ2) is 7.29. The summed E-state index contributed by atoms with van der Waals surface area (Å²) in [5, 5.41) is 12.4. The molecule has 1 amide bonds. The molecule has 0 saturated carbocycles. The highest BCUT2D eigenvalue weighted by Crippen LogP contribution is 2.35. The predicted molar refractivity (Wildman–Crippen MR) is 91.2 cm³/mol. The van der Waals surface area contributed by atoms with Crippen molar-refractivity contribution in [3.05, 3.63) is 58.5 Å². The summed E-state index contributed by atoms with van der Waals surface area (Å²) in [7, 11) is 0. The van der Waals surface area contributed by atoms with E-state index in [9.17, 15) is 9.59 Å². The molecule has 25 heavy (non-hydrogen) atoms. The van der Waals surface area contributed by atoms with Crippen LogP contribution in [0, 0.1) is 0 Å². The van der Waals surface area contributed by atoms with Gasteiger partial charge in [-0.3, -0.25) is 4.79 Å². The lowest BCUT2D eigenvalue weighted by atomic mass is 9.74. The Hall–Kier alpha value is -2.31. The van der Waals surface area contributed by atoms with Crippen LogP contribution in [0.3, 0.4) is 0 Å². The number of furan rings is 1. The van der Waals surface area contributed by atoms with Crippen LogP contribution in [0.2, 0.25) is 5.02 Å². The highest BCUT2D eigenvalue weighted by molar-refractivity contribution is 6.30. The van der Waals surface area contributed by atoms with E-state index in [1.54, 1.807) is 0 Å². The molecule has 1 aromatic heterocycles. The Bertz CT molecular complexity index is 779. The number of carbonyl (C=O) groups excluding carboxylic acids is 1. The lowest BCUT2D eigenvalue weighted by molar-refractivity contribution is 0.0484. The van der Waals surface area contributed by atoms with Gasteiger partial charge in [-0.25, -0.2) is 4.79 Å². The Labute approximate surface area is 149 Å². The third-order valence-electron chi connectivity index (χ3n) is 4.54. The van der Waals surface area contributed by atoms with Crippen molar-refractivity contribution in [2.24, 2.45) is 0 Å². The van der Waals surface area contributed by atoms with Crippen molar-refractivity contribution in [1.82, 2.24) is 5.32 Å². The average molecular weight is 364 g/mol. The van der Waals surface area contributed by atoms with Crippen LogP contribution in [0.25, 0.3) is 0 Å². The van der Waals surface area contributed by atoms with Gasteiger partial charge in [-0.1, -0.05) is 23.7 Å². The third-order valence-corrected chi connectivity index (χ3v) is 4.78. The molecule has 0 spiro atoms. The van der Waals surface area contributed by atoms with Crippen molar-refractivity contribution in [3.8, 4) is 0 Å². The molecule has 0 aliphatic carbocycles. The number of rotatable bonds is 5. The Morgan fingerprint density at radius 3 is 2.64 bits per heavy atom. The van der Waals surface area contributed by atoms with E-state index in [1.807, 2.05) is 24.3 Å². The quantitative estimate of drug-likeness (QED) is 0.852. The summed E-state index contributed by atoms with van der Waals surface area (Å²) in [6.45, 7) is 1.59. The predicted octanol–water partition coefficient (Wildman–Crippen LogP) is 3.11. The van der Waals surface area contributed by atoms with Gasteiger partial charge in [-0.05, 0) is 30.5 Å². The van der Waals surface area contributed by atoms with Crippen molar-refractivity contribution in [1.29, 1.82) is 0 Å². The van der Waals surface area contributed by atoms with E-state index in [0.717, 1.165) is 24.7 Å². The van der Waals surface area contributed by atoms with Crippen LogP contribution in [-0.4, -0.2) is 36.7 Å². The van der Waals surface area contributed by atoms with Gasteiger partial charge in [0.05, 0.1) is 5.56 Å². The van der Waals surface area contributed by atoms with Gasteiger partial charge in [0, 0.05) is 36.3 Å². The normalized spacial score (nSPS) is 16.4. The molecule has 1 aromatic carbocycles. The zero-order valence-electron chi connectivity index (χ0n) is 13.5. The van der Waals surface area contributed by atoms with E-state index in [-0.39, 0.29) is 16.7 Å². The van der Waals surface area contributed by atoms with Crippen molar-refractivity contribution < 1.29 is 23.8 Å². The van der Waals surface area contributed by atoms with E-state index >= 15 is 0 Å². The van der Waals surface area contributed by atoms with E-state index in [2.05, 4.69) is 5.32 Å². The molecular weight excluding hydrogens is 346 g/mol. The molecule has 2 heterocycles. The summed E-state index contributed by atoms with van der Waals surface area (Å²) in [5.74, 6) is -1.60. The second-order valence-electron chi connectivity index (χ2n) is 6.09. The Balaban J connectivity index is 1.76. The van der Waals surface area contributed by atoms with Crippen molar-refractivity contribution in [3.63, 3.8) is 0 Å². The summed E-state index contributed by atoms with van der Waals surface area (Å²) in [6, 6.07) is 8.83. The van der Waals surface area contributed by atoms with Crippen LogP contribution >= 0.6 is 11.6 Å². The highest BCUT2D eigenvalue weighted by atomic mass is 35.5. The smallest absolute Gasteiger partial charge is 0.338 e. The lowest BCUT2D eigenvalue weighted by Gasteiger charge is -2.38. The van der Waals surface area contributed by atoms with Crippen LogP contribution in [0.5, 0.6) is 0 Å². The number of carbonyl (C=O) groups is 2. The number of nitrogens with one attached hydrogen (secondary N) is 1. The third kappa shape index (κ3) is 3.86. The number of hydrogen-bond acceptors (Lipinski definition) is 4. The molecule has 0 bridgehead atoms. The molecule has 1 aliphatic rings. The molecule has 3 rings (SSSR count). The highest BCUT2D eigenvalue weighted by Gasteiger charge is 2.35. The summed E-state index contributed by atoms with van der Waals surface area (Å²) in [5.41, 5.74) is 0.719. The Morgan fingerprint density at radius 2 is 2.00 bits per heavy atom. The van der Waals surface area contributed by atoms with E-state index in [1.165, 1.54) is 6.07 Å². The lowest BCUT2D eigenvalue weighted by Crippen LogP contribution is -2.44. The van der Waals surface area contributed by atoms with E-state index in [0.29, 0.717) is 24.8 Å². The Morgan fingerprint density at radius 1 is 1.24 bits per heavy atom. The standard InChI is InChI=1S/C18H18ClNO5/c19-14-3-1-2-13(9-14)18(4-6-24-7-5-18)11-20-16(21)15-8-12(10-25-15)17(22)23/h1-3,8-10H,4-7,11H2,(H,20,21)(H,22,23). The Kier molecular flexibility index (Phi) is 5.11. The minimum Gasteiger partial charge on any atom is -0.478 e. The fourth-order valence-corrected chi connectivity index (χ4v) is 3.24. The largest absolute Gasteiger partial charge is 0.478 e. The van der Waals surface area contributed by atoms with Crippen LogP contribution in [0.1, 0.15) is 39.3 Å². The zero-order chi connectivity index (χ0) is 17.9. The SMILES string of the molecule is O=C(O)c1coc(C(=O)NCC2(c3cccc(Cl)c3)CCOCC2)c1. The first-order chi connectivity index (χ1) is 12.0. The fraction of sp³-hybridized carbons (Fsp3) is 0.333. The zero-order valence-corrected chi connectivity index (χ0v) is 14.2.